The predicted octanol–water partition coefficient (Wildman–Crippen LogP) is 0.157. The van der Waals surface area contributed by atoms with E-state index in [1.54, 1.807) is 11.8 Å². The monoisotopic (exact) mass is 213 g/mol. The van der Waals surface area contributed by atoms with E-state index in [2.05, 4.69) is 5.43 Å². The Labute approximate surface area is 90.0 Å². The summed E-state index contributed by atoms with van der Waals surface area (Å²) in [6, 6.07) is -0.458. The van der Waals surface area contributed by atoms with Crippen LogP contribution in [0.15, 0.2) is 0 Å². The van der Waals surface area contributed by atoms with Crippen molar-refractivity contribution in [2.45, 2.75) is 45.1 Å². The Morgan fingerprint density at radius 1 is 1.40 bits per heavy atom. The van der Waals surface area contributed by atoms with Crippen molar-refractivity contribution >= 4 is 11.8 Å². The molecule has 3 N–H and O–H groups in total. The molecule has 2 amide bonds. The number of carbonyl (C=O) groups excluding carboxylic acids is 2. The van der Waals surface area contributed by atoms with Crippen LogP contribution >= 0.6 is 0 Å². The van der Waals surface area contributed by atoms with Crippen LogP contribution in [0.4, 0.5) is 0 Å². The van der Waals surface area contributed by atoms with Gasteiger partial charge in [0, 0.05) is 13.0 Å². The number of nitrogens with two attached hydrogens (primary N) is 1. The summed E-state index contributed by atoms with van der Waals surface area (Å²) in [6.07, 6.45) is 4.67. The summed E-state index contributed by atoms with van der Waals surface area (Å²) in [6.45, 7) is 2.37. The van der Waals surface area contributed by atoms with Crippen LogP contribution in [-0.2, 0) is 9.59 Å². The molecule has 5 heteroatoms. The van der Waals surface area contributed by atoms with Gasteiger partial charge in [-0.1, -0.05) is 12.8 Å². The summed E-state index contributed by atoms with van der Waals surface area (Å²) >= 11 is 0. The first-order valence-corrected chi connectivity index (χ1v) is 5.46. The van der Waals surface area contributed by atoms with Crippen molar-refractivity contribution in [2.75, 3.05) is 6.54 Å². The molecule has 1 aliphatic heterocycles. The standard InChI is InChI=1S/C10H19N3O2/c1-8(10(15)12-11)13-7-5-3-2-4-6-9(13)14/h8H,2-7,11H2,1H3,(H,12,15). The molecule has 0 radical (unpaired) electrons. The minimum absolute atomic E-state index is 0.0609. The molecule has 15 heavy (non-hydrogen) atoms. The third-order valence-corrected chi connectivity index (χ3v) is 2.85. The number of hydrazine groups is 1. The molecule has 1 aliphatic rings. The van der Waals surface area contributed by atoms with Gasteiger partial charge in [-0.15, -0.1) is 0 Å². The fourth-order valence-electron chi connectivity index (χ4n) is 1.85. The molecule has 0 aromatic rings. The van der Waals surface area contributed by atoms with Gasteiger partial charge in [0.05, 0.1) is 0 Å². The Bertz CT molecular complexity index is 243. The van der Waals surface area contributed by atoms with Gasteiger partial charge in [-0.05, 0) is 19.8 Å². The fourth-order valence-corrected chi connectivity index (χ4v) is 1.85. The molecule has 5 nitrogen and oxygen atoms in total. The molecule has 1 fully saturated rings. The van der Waals surface area contributed by atoms with Crippen LogP contribution in [0.3, 0.4) is 0 Å². The van der Waals surface area contributed by atoms with Crippen molar-refractivity contribution in [1.82, 2.24) is 10.3 Å². The van der Waals surface area contributed by atoms with Crippen molar-refractivity contribution in [3.8, 4) is 0 Å². The number of carbonyl (C=O) groups is 2. The maximum Gasteiger partial charge on any atom is 0.256 e. The van der Waals surface area contributed by atoms with Crippen LogP contribution in [0.2, 0.25) is 0 Å². The third kappa shape index (κ3) is 3.20. The van der Waals surface area contributed by atoms with Gasteiger partial charge in [0.1, 0.15) is 6.04 Å². The van der Waals surface area contributed by atoms with Gasteiger partial charge in [-0.2, -0.15) is 0 Å². The number of amides is 2. The molecule has 0 saturated carbocycles. The van der Waals surface area contributed by atoms with Gasteiger partial charge in [0.25, 0.3) is 5.91 Å². The summed E-state index contributed by atoms with van der Waals surface area (Å²) in [5, 5.41) is 0. The lowest BCUT2D eigenvalue weighted by Crippen LogP contribution is -2.50. The zero-order chi connectivity index (χ0) is 11.3. The van der Waals surface area contributed by atoms with Crippen LogP contribution < -0.4 is 11.3 Å². The third-order valence-electron chi connectivity index (χ3n) is 2.85. The second kappa shape index (κ2) is 5.70. The number of nitrogens with one attached hydrogen (secondary N) is 1. The quantitative estimate of drug-likeness (QED) is 0.390. The van der Waals surface area contributed by atoms with Crippen LogP contribution in [0.5, 0.6) is 0 Å². The number of nitrogens with zero attached hydrogens (tertiary/aromatic N) is 1. The van der Waals surface area contributed by atoms with Crippen LogP contribution in [-0.4, -0.2) is 29.3 Å². The zero-order valence-corrected chi connectivity index (χ0v) is 9.16. The summed E-state index contributed by atoms with van der Waals surface area (Å²) in [5.74, 6) is 4.82. The van der Waals surface area contributed by atoms with Crippen molar-refractivity contribution in [3.05, 3.63) is 0 Å². The molecule has 1 rings (SSSR count). The minimum atomic E-state index is -0.458. The molecule has 0 aromatic heterocycles. The van der Waals surface area contributed by atoms with Crippen molar-refractivity contribution in [3.63, 3.8) is 0 Å². The van der Waals surface area contributed by atoms with E-state index < -0.39 is 6.04 Å². The highest BCUT2D eigenvalue weighted by molar-refractivity contribution is 5.87. The average Bonchev–Trinajstić information content (AvgIpc) is 2.22. The van der Waals surface area contributed by atoms with Crippen molar-refractivity contribution in [2.24, 2.45) is 5.84 Å². The smallest absolute Gasteiger partial charge is 0.256 e. The molecular weight excluding hydrogens is 194 g/mol. The highest BCUT2D eigenvalue weighted by Crippen LogP contribution is 2.14. The SMILES string of the molecule is CC(C(=O)NN)N1CCCCCCC1=O. The minimum Gasteiger partial charge on any atom is -0.331 e. The molecule has 1 atom stereocenters. The first-order chi connectivity index (χ1) is 7.16. The van der Waals surface area contributed by atoms with Crippen molar-refractivity contribution < 1.29 is 9.59 Å². The van der Waals surface area contributed by atoms with Gasteiger partial charge in [-0.25, -0.2) is 5.84 Å². The zero-order valence-electron chi connectivity index (χ0n) is 9.16. The molecule has 0 bridgehead atoms. The molecule has 0 spiro atoms. The lowest BCUT2D eigenvalue weighted by Gasteiger charge is -2.29. The fraction of sp³-hybridized carbons (Fsp3) is 0.800. The van der Waals surface area contributed by atoms with E-state index in [4.69, 9.17) is 5.84 Å². The summed E-state index contributed by atoms with van der Waals surface area (Å²) in [7, 11) is 0. The Balaban J connectivity index is 2.62. The Hall–Kier alpha value is -1.10. The second-order valence-electron chi connectivity index (χ2n) is 3.94. The van der Waals surface area contributed by atoms with Gasteiger partial charge >= 0.3 is 0 Å². The maximum absolute atomic E-state index is 11.7. The number of likely N-dealkylation sites (tertiary alicyclic amines) is 1. The highest BCUT2D eigenvalue weighted by atomic mass is 16.2. The molecular formula is C10H19N3O2. The lowest BCUT2D eigenvalue weighted by atomic mass is 10.1. The van der Waals surface area contributed by atoms with E-state index in [9.17, 15) is 9.59 Å². The van der Waals surface area contributed by atoms with E-state index >= 15 is 0 Å². The van der Waals surface area contributed by atoms with Gasteiger partial charge in [0.15, 0.2) is 0 Å². The largest absolute Gasteiger partial charge is 0.331 e. The average molecular weight is 213 g/mol. The molecule has 0 aliphatic carbocycles. The predicted molar refractivity (Wildman–Crippen MR) is 56.6 cm³/mol. The molecule has 1 unspecified atom stereocenters. The van der Waals surface area contributed by atoms with Gasteiger partial charge in [-0.3, -0.25) is 15.0 Å². The number of hydrogen-bond acceptors (Lipinski definition) is 3. The normalized spacial score (nSPS) is 20.4. The second-order valence-corrected chi connectivity index (χ2v) is 3.94. The van der Waals surface area contributed by atoms with Gasteiger partial charge in [0.2, 0.25) is 5.91 Å². The summed E-state index contributed by atoms with van der Waals surface area (Å²) in [5.41, 5.74) is 2.09. The van der Waals surface area contributed by atoms with E-state index in [-0.39, 0.29) is 11.8 Å². The Morgan fingerprint density at radius 3 is 2.73 bits per heavy atom. The summed E-state index contributed by atoms with van der Waals surface area (Å²) < 4.78 is 0. The topological polar surface area (TPSA) is 75.4 Å². The highest BCUT2D eigenvalue weighted by Gasteiger charge is 2.25. The van der Waals surface area contributed by atoms with Crippen LogP contribution in [0.1, 0.15) is 39.0 Å². The molecule has 0 aromatic carbocycles. The lowest BCUT2D eigenvalue weighted by molar-refractivity contribution is -0.140. The van der Waals surface area contributed by atoms with Crippen LogP contribution in [0, 0.1) is 0 Å². The maximum atomic E-state index is 11.7. The van der Waals surface area contributed by atoms with E-state index in [1.165, 1.54) is 0 Å². The Kier molecular flexibility index (Phi) is 4.55. The Morgan fingerprint density at radius 2 is 2.07 bits per heavy atom. The molecule has 1 saturated heterocycles. The van der Waals surface area contributed by atoms with Crippen molar-refractivity contribution in [1.29, 1.82) is 0 Å². The summed E-state index contributed by atoms with van der Waals surface area (Å²) in [4.78, 5) is 24.7. The van der Waals surface area contributed by atoms with E-state index in [0.717, 1.165) is 25.7 Å². The molecule has 86 valence electrons. The first-order valence-electron chi connectivity index (χ1n) is 5.46. The first kappa shape index (κ1) is 12.0. The van der Waals surface area contributed by atoms with Crippen LogP contribution in [0.25, 0.3) is 0 Å². The van der Waals surface area contributed by atoms with E-state index in [0.29, 0.717) is 13.0 Å². The van der Waals surface area contributed by atoms with E-state index in [1.807, 2.05) is 0 Å². The number of rotatable bonds is 2. The number of hydrogen-bond donors (Lipinski definition) is 2. The molecule has 1 heterocycles. The van der Waals surface area contributed by atoms with Gasteiger partial charge < -0.3 is 4.90 Å².